The largest absolute Gasteiger partial charge is 0.320 e. The number of pyridine rings is 1. The molecule has 0 saturated heterocycles. The van der Waals surface area contributed by atoms with Gasteiger partial charge in [-0.1, -0.05) is 11.3 Å². The van der Waals surface area contributed by atoms with Gasteiger partial charge in [0.05, 0.1) is 24.0 Å². The first-order valence-electron chi connectivity index (χ1n) is 5.57. The van der Waals surface area contributed by atoms with Gasteiger partial charge in [0.2, 0.25) is 0 Å². The number of nitrogens with zero attached hydrogens (tertiary/aromatic N) is 4. The maximum atomic E-state index is 5.96. The van der Waals surface area contributed by atoms with E-state index in [0.717, 1.165) is 17.1 Å². The van der Waals surface area contributed by atoms with Crippen LogP contribution in [0.5, 0.6) is 0 Å². The predicted octanol–water partition coefficient (Wildman–Crippen LogP) is 1.22. The van der Waals surface area contributed by atoms with Crippen LogP contribution in [-0.2, 0) is 12.1 Å². The van der Waals surface area contributed by atoms with E-state index in [1.54, 1.807) is 4.68 Å². The van der Waals surface area contributed by atoms with Gasteiger partial charge in [-0.25, -0.2) is 4.68 Å². The third-order valence-electron chi connectivity index (χ3n) is 2.47. The lowest BCUT2D eigenvalue weighted by molar-refractivity contribution is 0.533. The number of nitrogens with two attached hydrogens (primary N) is 1. The molecule has 0 fully saturated rings. The second-order valence-corrected chi connectivity index (χ2v) is 4.79. The first-order chi connectivity index (χ1) is 7.95. The minimum atomic E-state index is -0.460. The second-order valence-electron chi connectivity index (χ2n) is 4.79. The zero-order chi connectivity index (χ0) is 12.5. The van der Waals surface area contributed by atoms with Crippen LogP contribution in [0.2, 0.25) is 0 Å². The molecule has 0 spiro atoms. The summed E-state index contributed by atoms with van der Waals surface area (Å²) in [5, 5.41) is 8.12. The second kappa shape index (κ2) is 4.25. The Kier molecular flexibility index (Phi) is 2.93. The lowest BCUT2D eigenvalue weighted by Crippen LogP contribution is -2.29. The summed E-state index contributed by atoms with van der Waals surface area (Å²) in [6.07, 6.45) is 1.87. The molecule has 17 heavy (non-hydrogen) atoms. The summed E-state index contributed by atoms with van der Waals surface area (Å²) in [7, 11) is 0. The van der Waals surface area contributed by atoms with E-state index in [-0.39, 0.29) is 0 Å². The van der Waals surface area contributed by atoms with E-state index in [4.69, 9.17) is 5.73 Å². The Morgan fingerprint density at radius 2 is 2.12 bits per heavy atom. The fourth-order valence-electron chi connectivity index (χ4n) is 1.52. The molecular weight excluding hydrogens is 214 g/mol. The van der Waals surface area contributed by atoms with Crippen LogP contribution in [-0.4, -0.2) is 20.0 Å². The molecule has 0 aromatic carbocycles. The van der Waals surface area contributed by atoms with E-state index in [1.807, 2.05) is 45.2 Å². The molecule has 0 aliphatic rings. The van der Waals surface area contributed by atoms with E-state index in [9.17, 15) is 0 Å². The number of hydrogen-bond donors (Lipinski definition) is 1. The highest BCUT2D eigenvalue weighted by Gasteiger charge is 2.18. The summed E-state index contributed by atoms with van der Waals surface area (Å²) < 4.78 is 1.76. The average Bonchev–Trinajstić information content (AvgIpc) is 2.65. The fourth-order valence-corrected chi connectivity index (χ4v) is 1.52. The van der Waals surface area contributed by atoms with Gasteiger partial charge in [0.15, 0.2) is 0 Å². The first kappa shape index (κ1) is 11.7. The lowest BCUT2D eigenvalue weighted by Gasteiger charge is -2.13. The zero-order valence-corrected chi connectivity index (χ0v) is 10.4. The molecule has 5 nitrogen and oxygen atoms in total. The van der Waals surface area contributed by atoms with Crippen molar-refractivity contribution < 1.29 is 0 Å². The van der Waals surface area contributed by atoms with Gasteiger partial charge in [-0.2, -0.15) is 0 Å². The van der Waals surface area contributed by atoms with Crippen LogP contribution >= 0.6 is 0 Å². The molecule has 0 aliphatic carbocycles. The first-order valence-corrected chi connectivity index (χ1v) is 5.57. The lowest BCUT2D eigenvalue weighted by atomic mass is 10.0. The molecule has 90 valence electrons. The number of hydrogen-bond acceptors (Lipinski definition) is 4. The topological polar surface area (TPSA) is 69.6 Å². The van der Waals surface area contributed by atoms with Gasteiger partial charge < -0.3 is 5.73 Å². The Labute approximate surface area is 101 Å². The van der Waals surface area contributed by atoms with Crippen LogP contribution in [0.25, 0.3) is 0 Å². The predicted molar refractivity (Wildman–Crippen MR) is 65.3 cm³/mol. The van der Waals surface area contributed by atoms with Crippen LogP contribution < -0.4 is 5.73 Å². The average molecular weight is 231 g/mol. The fraction of sp³-hybridized carbons (Fsp3) is 0.417. The van der Waals surface area contributed by atoms with E-state index < -0.39 is 5.54 Å². The molecule has 0 saturated carbocycles. The SMILES string of the molecule is Cc1cccc(Cn2cc(C(C)(C)N)nn2)n1. The molecular formula is C12H17N5. The van der Waals surface area contributed by atoms with E-state index in [2.05, 4.69) is 15.3 Å². The quantitative estimate of drug-likeness (QED) is 0.862. The van der Waals surface area contributed by atoms with Crippen molar-refractivity contribution in [3.05, 3.63) is 41.5 Å². The maximum absolute atomic E-state index is 5.96. The summed E-state index contributed by atoms with van der Waals surface area (Å²) in [5.74, 6) is 0. The van der Waals surface area contributed by atoms with Crippen molar-refractivity contribution >= 4 is 0 Å². The molecule has 2 N–H and O–H groups in total. The summed E-state index contributed by atoms with van der Waals surface area (Å²) in [6, 6.07) is 5.93. The molecule has 2 aromatic rings. The van der Waals surface area contributed by atoms with Crippen molar-refractivity contribution in [3.63, 3.8) is 0 Å². The zero-order valence-electron chi connectivity index (χ0n) is 10.4. The monoisotopic (exact) mass is 231 g/mol. The maximum Gasteiger partial charge on any atom is 0.102 e. The van der Waals surface area contributed by atoms with Crippen LogP contribution in [0.3, 0.4) is 0 Å². The highest BCUT2D eigenvalue weighted by molar-refractivity contribution is 5.11. The summed E-state index contributed by atoms with van der Waals surface area (Å²) in [6.45, 7) is 6.41. The normalized spacial score (nSPS) is 11.8. The Morgan fingerprint density at radius 3 is 2.71 bits per heavy atom. The van der Waals surface area contributed by atoms with Crippen LogP contribution in [0.1, 0.15) is 30.9 Å². The van der Waals surface area contributed by atoms with E-state index >= 15 is 0 Å². The third-order valence-corrected chi connectivity index (χ3v) is 2.47. The molecule has 5 heteroatoms. The molecule has 2 heterocycles. The van der Waals surface area contributed by atoms with Crippen molar-refractivity contribution in [3.8, 4) is 0 Å². The molecule has 0 bridgehead atoms. The summed E-state index contributed by atoms with van der Waals surface area (Å²) in [4.78, 5) is 4.42. The Morgan fingerprint density at radius 1 is 1.35 bits per heavy atom. The van der Waals surface area contributed by atoms with Crippen molar-refractivity contribution in [2.45, 2.75) is 32.9 Å². The van der Waals surface area contributed by atoms with Gasteiger partial charge in [0.1, 0.15) is 5.69 Å². The third kappa shape index (κ3) is 2.88. The molecule has 0 aliphatic heterocycles. The smallest absolute Gasteiger partial charge is 0.102 e. The van der Waals surface area contributed by atoms with Crippen molar-refractivity contribution in [2.24, 2.45) is 5.73 Å². The van der Waals surface area contributed by atoms with Gasteiger partial charge in [0, 0.05) is 5.69 Å². The Hall–Kier alpha value is -1.75. The minimum Gasteiger partial charge on any atom is -0.320 e. The van der Waals surface area contributed by atoms with E-state index in [1.165, 1.54) is 0 Å². The molecule has 0 radical (unpaired) electrons. The van der Waals surface area contributed by atoms with E-state index in [0.29, 0.717) is 6.54 Å². The minimum absolute atomic E-state index is 0.460. The molecule has 0 unspecified atom stereocenters. The van der Waals surface area contributed by atoms with Crippen molar-refractivity contribution in [2.75, 3.05) is 0 Å². The molecule has 0 atom stereocenters. The van der Waals surface area contributed by atoms with Gasteiger partial charge in [-0.05, 0) is 32.9 Å². The highest BCUT2D eigenvalue weighted by Crippen LogP contribution is 2.12. The standard InChI is InChI=1S/C12H17N5/c1-9-5-4-6-10(14-9)7-17-8-11(15-16-17)12(2,3)13/h4-6,8H,7,13H2,1-3H3. The van der Waals surface area contributed by atoms with Crippen LogP contribution in [0, 0.1) is 6.92 Å². The summed E-state index contributed by atoms with van der Waals surface area (Å²) >= 11 is 0. The molecule has 2 rings (SSSR count). The molecule has 0 amide bonds. The van der Waals surface area contributed by atoms with Crippen molar-refractivity contribution in [1.82, 2.24) is 20.0 Å². The van der Waals surface area contributed by atoms with Gasteiger partial charge in [0.25, 0.3) is 0 Å². The van der Waals surface area contributed by atoms with Crippen molar-refractivity contribution in [1.29, 1.82) is 0 Å². The van der Waals surface area contributed by atoms with Crippen LogP contribution in [0.4, 0.5) is 0 Å². The Balaban J connectivity index is 2.17. The number of aromatic nitrogens is 4. The van der Waals surface area contributed by atoms with Gasteiger partial charge in [-0.15, -0.1) is 5.10 Å². The highest BCUT2D eigenvalue weighted by atomic mass is 15.4. The van der Waals surface area contributed by atoms with Gasteiger partial charge in [-0.3, -0.25) is 4.98 Å². The molecule has 2 aromatic heterocycles. The number of aryl methyl sites for hydroxylation is 1. The van der Waals surface area contributed by atoms with Crippen LogP contribution in [0.15, 0.2) is 24.4 Å². The Bertz CT molecular complexity index is 510. The number of rotatable bonds is 3. The van der Waals surface area contributed by atoms with Gasteiger partial charge >= 0.3 is 0 Å². The summed E-state index contributed by atoms with van der Waals surface area (Å²) in [5.41, 5.74) is 8.25.